The summed E-state index contributed by atoms with van der Waals surface area (Å²) in [6, 6.07) is 3.65. The average molecular weight is 302 g/mol. The van der Waals surface area contributed by atoms with Crippen LogP contribution in [0.3, 0.4) is 0 Å². The summed E-state index contributed by atoms with van der Waals surface area (Å²) in [7, 11) is 1.51. The zero-order chi connectivity index (χ0) is 15.5. The van der Waals surface area contributed by atoms with E-state index in [1.165, 1.54) is 20.0 Å². The van der Waals surface area contributed by atoms with Gasteiger partial charge in [-0.05, 0) is 37.7 Å². The summed E-state index contributed by atoms with van der Waals surface area (Å²) >= 11 is 0. The fourth-order valence-corrected chi connectivity index (χ4v) is 4.07. The van der Waals surface area contributed by atoms with Crippen LogP contribution < -0.4 is 9.64 Å². The van der Waals surface area contributed by atoms with Crippen molar-refractivity contribution in [3.05, 3.63) is 17.7 Å². The minimum absolute atomic E-state index is 0.0815. The van der Waals surface area contributed by atoms with Crippen molar-refractivity contribution in [3.8, 4) is 11.5 Å². The normalized spacial score (nSPS) is 25.0. The molecule has 1 saturated heterocycles. The van der Waals surface area contributed by atoms with E-state index >= 15 is 0 Å². The molecule has 1 saturated carbocycles. The smallest absolute Gasteiger partial charge is 0.256 e. The number of aromatic hydroxyl groups is 1. The van der Waals surface area contributed by atoms with Crippen LogP contribution in [0.1, 0.15) is 36.5 Å². The van der Waals surface area contributed by atoms with E-state index in [0.29, 0.717) is 16.7 Å². The van der Waals surface area contributed by atoms with Crippen LogP contribution in [0.25, 0.3) is 0 Å². The van der Waals surface area contributed by atoms with Gasteiger partial charge in [-0.15, -0.1) is 0 Å². The molecule has 2 heterocycles. The van der Waals surface area contributed by atoms with E-state index in [2.05, 4.69) is 16.7 Å². The summed E-state index contributed by atoms with van der Waals surface area (Å²) in [6.07, 6.45) is 3.63. The molecule has 5 nitrogen and oxygen atoms in total. The van der Waals surface area contributed by atoms with Crippen molar-refractivity contribution in [2.24, 2.45) is 5.41 Å². The molecule has 22 heavy (non-hydrogen) atoms. The maximum Gasteiger partial charge on any atom is 0.256 e. The summed E-state index contributed by atoms with van der Waals surface area (Å²) in [5, 5.41) is 10.1. The predicted octanol–water partition coefficient (Wildman–Crippen LogP) is 2.24. The maximum atomic E-state index is 13.0. The van der Waals surface area contributed by atoms with Crippen molar-refractivity contribution < 1.29 is 14.6 Å². The van der Waals surface area contributed by atoms with Gasteiger partial charge in [-0.2, -0.15) is 0 Å². The molecule has 3 aliphatic rings. The molecule has 2 fully saturated rings. The second-order valence-electron chi connectivity index (χ2n) is 6.87. The fourth-order valence-electron chi connectivity index (χ4n) is 4.07. The van der Waals surface area contributed by atoms with Gasteiger partial charge in [-0.25, -0.2) is 0 Å². The first kappa shape index (κ1) is 13.7. The third kappa shape index (κ3) is 1.87. The SMILES string of the molecule is CCN1CC2CC3(CC3)CN2C(=O)c2cc(OC)c(O)cc21. The van der Waals surface area contributed by atoms with Crippen LogP contribution in [0, 0.1) is 5.41 Å². The largest absolute Gasteiger partial charge is 0.504 e. The molecule has 0 radical (unpaired) electrons. The number of phenols is 1. The van der Waals surface area contributed by atoms with Crippen molar-refractivity contribution in [1.29, 1.82) is 0 Å². The summed E-state index contributed by atoms with van der Waals surface area (Å²) in [5.74, 6) is 0.535. The highest BCUT2D eigenvalue weighted by Gasteiger charge is 2.54. The molecule has 4 rings (SSSR count). The monoisotopic (exact) mass is 302 g/mol. The van der Waals surface area contributed by atoms with E-state index < -0.39 is 0 Å². The number of hydrogen-bond acceptors (Lipinski definition) is 4. The van der Waals surface area contributed by atoms with E-state index in [1.807, 2.05) is 0 Å². The Morgan fingerprint density at radius 2 is 2.18 bits per heavy atom. The Labute approximate surface area is 130 Å². The topological polar surface area (TPSA) is 53.0 Å². The zero-order valence-corrected chi connectivity index (χ0v) is 13.1. The lowest BCUT2D eigenvalue weighted by Crippen LogP contribution is -2.39. The Morgan fingerprint density at radius 1 is 1.41 bits per heavy atom. The molecule has 1 spiro atoms. The van der Waals surface area contributed by atoms with Crippen molar-refractivity contribution in [3.63, 3.8) is 0 Å². The standard InChI is InChI=1S/C17H22N2O3/c1-3-18-9-11-8-17(4-5-17)10-19(11)16(21)12-6-15(22-2)14(20)7-13(12)18/h6-7,11,20H,3-5,8-10H2,1-2H3. The van der Waals surface area contributed by atoms with Crippen LogP contribution in [0.2, 0.25) is 0 Å². The van der Waals surface area contributed by atoms with Crippen LogP contribution >= 0.6 is 0 Å². The summed E-state index contributed by atoms with van der Waals surface area (Å²) in [5.41, 5.74) is 1.87. The number of carbonyl (C=O) groups is 1. The van der Waals surface area contributed by atoms with Gasteiger partial charge in [0.05, 0.1) is 24.4 Å². The van der Waals surface area contributed by atoms with Crippen molar-refractivity contribution in [2.45, 2.75) is 32.2 Å². The highest BCUT2D eigenvalue weighted by atomic mass is 16.5. The van der Waals surface area contributed by atoms with Gasteiger partial charge in [0.1, 0.15) is 0 Å². The van der Waals surface area contributed by atoms with Crippen LogP contribution in [-0.4, -0.2) is 48.7 Å². The number of ether oxygens (including phenoxy) is 1. The van der Waals surface area contributed by atoms with Gasteiger partial charge in [-0.3, -0.25) is 4.79 Å². The lowest BCUT2D eigenvalue weighted by atomic mass is 10.0. The van der Waals surface area contributed by atoms with Gasteiger partial charge in [0, 0.05) is 25.7 Å². The minimum atomic E-state index is 0.0815. The fraction of sp³-hybridized carbons (Fsp3) is 0.588. The highest BCUT2D eigenvalue weighted by molar-refractivity contribution is 6.02. The molecule has 1 aliphatic carbocycles. The quantitative estimate of drug-likeness (QED) is 0.910. The number of hydrogen-bond donors (Lipinski definition) is 1. The second kappa shape index (κ2) is 4.54. The summed E-state index contributed by atoms with van der Waals surface area (Å²) in [4.78, 5) is 17.3. The number of amides is 1. The highest BCUT2D eigenvalue weighted by Crippen LogP contribution is 2.56. The van der Waals surface area contributed by atoms with Crippen LogP contribution in [0.5, 0.6) is 11.5 Å². The van der Waals surface area contributed by atoms with Crippen molar-refractivity contribution >= 4 is 11.6 Å². The number of carbonyl (C=O) groups excluding carboxylic acids is 1. The van der Waals surface area contributed by atoms with Gasteiger partial charge in [0.2, 0.25) is 0 Å². The van der Waals surface area contributed by atoms with Gasteiger partial charge in [0.25, 0.3) is 5.91 Å². The number of rotatable bonds is 2. The Morgan fingerprint density at radius 3 is 2.82 bits per heavy atom. The summed E-state index contributed by atoms with van der Waals surface area (Å²) in [6.45, 7) is 4.65. The number of benzene rings is 1. The molecule has 1 unspecified atom stereocenters. The molecule has 1 amide bonds. The van der Waals surface area contributed by atoms with Gasteiger partial charge < -0.3 is 19.6 Å². The molecule has 1 aromatic carbocycles. The van der Waals surface area contributed by atoms with Gasteiger partial charge >= 0.3 is 0 Å². The molecule has 1 N–H and O–H groups in total. The third-order valence-electron chi connectivity index (χ3n) is 5.51. The number of anilines is 1. The Bertz CT molecular complexity index is 639. The third-order valence-corrected chi connectivity index (χ3v) is 5.51. The van der Waals surface area contributed by atoms with E-state index in [0.717, 1.165) is 31.7 Å². The average Bonchev–Trinajstić information content (AvgIpc) is 3.18. The number of phenolic OH excluding ortho intramolecular Hbond substituents is 1. The lowest BCUT2D eigenvalue weighted by Gasteiger charge is -2.26. The molecular formula is C17H22N2O3. The van der Waals surface area contributed by atoms with Crippen LogP contribution in [0.15, 0.2) is 12.1 Å². The Kier molecular flexibility index (Phi) is 2.83. The first-order valence-electron chi connectivity index (χ1n) is 8.04. The summed E-state index contributed by atoms with van der Waals surface area (Å²) < 4.78 is 5.19. The number of likely N-dealkylation sites (N-methyl/N-ethyl adjacent to an activating group) is 1. The molecule has 5 heteroatoms. The molecule has 0 aromatic heterocycles. The lowest BCUT2D eigenvalue weighted by molar-refractivity contribution is 0.0742. The Hall–Kier alpha value is -1.91. The van der Waals surface area contributed by atoms with Gasteiger partial charge in [0.15, 0.2) is 11.5 Å². The second-order valence-corrected chi connectivity index (χ2v) is 6.87. The van der Waals surface area contributed by atoms with Gasteiger partial charge in [-0.1, -0.05) is 0 Å². The number of methoxy groups -OCH3 is 1. The maximum absolute atomic E-state index is 13.0. The van der Waals surface area contributed by atoms with E-state index in [9.17, 15) is 9.90 Å². The van der Waals surface area contributed by atoms with Crippen molar-refractivity contribution in [1.82, 2.24) is 4.90 Å². The van der Waals surface area contributed by atoms with Crippen LogP contribution in [0.4, 0.5) is 5.69 Å². The first-order valence-corrected chi connectivity index (χ1v) is 8.04. The van der Waals surface area contributed by atoms with E-state index in [-0.39, 0.29) is 17.7 Å². The van der Waals surface area contributed by atoms with Crippen LogP contribution in [-0.2, 0) is 0 Å². The molecule has 1 atom stereocenters. The Balaban J connectivity index is 1.80. The first-order chi connectivity index (χ1) is 10.6. The molecule has 2 aliphatic heterocycles. The predicted molar refractivity (Wildman–Crippen MR) is 83.7 cm³/mol. The molecule has 1 aromatic rings. The van der Waals surface area contributed by atoms with Crippen molar-refractivity contribution in [2.75, 3.05) is 31.6 Å². The zero-order valence-electron chi connectivity index (χ0n) is 13.1. The number of fused-ring (bicyclic) bond motifs is 2. The number of nitrogens with zero attached hydrogens (tertiary/aromatic N) is 2. The van der Waals surface area contributed by atoms with E-state index in [4.69, 9.17) is 4.74 Å². The minimum Gasteiger partial charge on any atom is -0.504 e. The molecular weight excluding hydrogens is 280 g/mol. The molecule has 0 bridgehead atoms. The molecule has 118 valence electrons. The van der Waals surface area contributed by atoms with E-state index in [1.54, 1.807) is 12.1 Å².